The molecule has 8 heteroatoms. The third-order valence-corrected chi connectivity index (χ3v) is 3.21. The Balaban J connectivity index is 1.98. The Morgan fingerprint density at radius 2 is 1.83 bits per heavy atom. The molecule has 3 rings (SSSR count). The number of benzene rings is 2. The van der Waals surface area contributed by atoms with Crippen LogP contribution >= 0.6 is 0 Å². The van der Waals surface area contributed by atoms with Crippen LogP contribution in [0.15, 0.2) is 46.9 Å². The molecule has 5 nitrogen and oxygen atoms in total. The van der Waals surface area contributed by atoms with Gasteiger partial charge in [0, 0.05) is 11.1 Å². The molecular weight excluding hydrogens is 313 g/mol. The van der Waals surface area contributed by atoms with Crippen molar-refractivity contribution in [3.8, 4) is 11.5 Å². The summed E-state index contributed by atoms with van der Waals surface area (Å²) in [6.07, 6.45) is -4.41. The quantitative estimate of drug-likeness (QED) is 0.558. The number of nitrogens with one attached hydrogen (secondary N) is 1. The van der Waals surface area contributed by atoms with Crippen molar-refractivity contribution in [2.45, 2.75) is 6.18 Å². The first kappa shape index (κ1) is 15.0. The number of rotatable bonds is 2. The molecule has 0 unspecified atom stereocenters. The van der Waals surface area contributed by atoms with Gasteiger partial charge in [-0.1, -0.05) is 0 Å². The number of oxazole rings is 1. The summed E-state index contributed by atoms with van der Waals surface area (Å²) >= 11 is 0. The number of nitrogens with zero attached hydrogens (tertiary/aromatic N) is 1. The van der Waals surface area contributed by atoms with Gasteiger partial charge in [0.1, 0.15) is 5.52 Å². The first-order valence-electron chi connectivity index (χ1n) is 6.41. The predicted molar refractivity (Wildman–Crippen MR) is 73.7 cm³/mol. The lowest BCUT2D eigenvalue weighted by Gasteiger charge is -2.05. The van der Waals surface area contributed by atoms with Crippen LogP contribution in [0.25, 0.3) is 22.6 Å². The van der Waals surface area contributed by atoms with Crippen molar-refractivity contribution >= 4 is 17.0 Å². The topological polar surface area (TPSA) is 75.4 Å². The normalized spacial score (nSPS) is 11.7. The zero-order chi connectivity index (χ0) is 16.6. The summed E-state index contributed by atoms with van der Waals surface area (Å²) in [5, 5.41) is 8.60. The van der Waals surface area contributed by atoms with Crippen LogP contribution in [-0.4, -0.2) is 16.1 Å². The van der Waals surface area contributed by atoms with Crippen LogP contribution in [0.1, 0.15) is 15.9 Å². The van der Waals surface area contributed by atoms with Gasteiger partial charge in [-0.25, -0.2) is 10.5 Å². The smallest absolute Gasteiger partial charge is 0.416 e. The van der Waals surface area contributed by atoms with E-state index in [1.165, 1.54) is 35.8 Å². The molecule has 2 N–H and O–H groups in total. The third kappa shape index (κ3) is 2.88. The highest BCUT2D eigenvalue weighted by atomic mass is 19.4. The zero-order valence-electron chi connectivity index (χ0n) is 11.4. The van der Waals surface area contributed by atoms with Gasteiger partial charge in [0.2, 0.25) is 5.89 Å². The second-order valence-electron chi connectivity index (χ2n) is 4.72. The summed E-state index contributed by atoms with van der Waals surface area (Å²) in [7, 11) is 0. The Morgan fingerprint density at radius 3 is 2.43 bits per heavy atom. The number of halogens is 3. The van der Waals surface area contributed by atoms with Crippen LogP contribution in [0.2, 0.25) is 0 Å². The molecule has 0 saturated carbocycles. The molecule has 0 atom stereocenters. The average Bonchev–Trinajstić information content (AvgIpc) is 2.96. The molecule has 118 valence electrons. The summed E-state index contributed by atoms with van der Waals surface area (Å²) in [5.41, 5.74) is 2.00. The molecule has 0 bridgehead atoms. The van der Waals surface area contributed by atoms with E-state index >= 15 is 0 Å². The molecule has 0 aliphatic heterocycles. The van der Waals surface area contributed by atoms with Gasteiger partial charge < -0.3 is 4.42 Å². The first-order chi connectivity index (χ1) is 10.9. The molecule has 0 spiro atoms. The van der Waals surface area contributed by atoms with Crippen molar-refractivity contribution in [3.63, 3.8) is 0 Å². The number of hydroxylamine groups is 1. The molecule has 1 amide bonds. The standard InChI is InChI=1S/C15H9F3N2O3/c16-15(17,18)10-4-1-8(2-5-10)14-19-11-7-9(13(21)20-22)3-6-12(11)23-14/h1-7,22H,(H,20,21). The van der Waals surface area contributed by atoms with Gasteiger partial charge in [0.15, 0.2) is 5.58 Å². The van der Waals surface area contributed by atoms with Crippen molar-refractivity contribution in [1.82, 2.24) is 10.5 Å². The van der Waals surface area contributed by atoms with Crippen LogP contribution in [0.4, 0.5) is 13.2 Å². The van der Waals surface area contributed by atoms with E-state index in [4.69, 9.17) is 9.62 Å². The predicted octanol–water partition coefficient (Wildman–Crippen LogP) is 3.63. The van der Waals surface area contributed by atoms with Crippen molar-refractivity contribution in [2.24, 2.45) is 0 Å². The molecule has 3 aromatic rings. The van der Waals surface area contributed by atoms with E-state index in [1.807, 2.05) is 0 Å². The third-order valence-electron chi connectivity index (χ3n) is 3.21. The molecule has 1 aromatic heterocycles. The Hall–Kier alpha value is -2.87. The van der Waals surface area contributed by atoms with E-state index < -0.39 is 17.6 Å². The van der Waals surface area contributed by atoms with E-state index in [9.17, 15) is 18.0 Å². The zero-order valence-corrected chi connectivity index (χ0v) is 11.4. The van der Waals surface area contributed by atoms with E-state index in [0.717, 1.165) is 12.1 Å². The van der Waals surface area contributed by atoms with Crippen LogP contribution in [-0.2, 0) is 6.18 Å². The van der Waals surface area contributed by atoms with Crippen molar-refractivity contribution in [1.29, 1.82) is 0 Å². The molecule has 1 heterocycles. The highest BCUT2D eigenvalue weighted by Gasteiger charge is 2.30. The lowest BCUT2D eigenvalue weighted by atomic mass is 10.1. The lowest BCUT2D eigenvalue weighted by molar-refractivity contribution is -0.137. The Morgan fingerprint density at radius 1 is 1.13 bits per heavy atom. The van der Waals surface area contributed by atoms with Gasteiger partial charge >= 0.3 is 6.18 Å². The minimum absolute atomic E-state index is 0.135. The minimum atomic E-state index is -4.41. The van der Waals surface area contributed by atoms with Crippen molar-refractivity contribution in [3.05, 3.63) is 53.6 Å². The van der Waals surface area contributed by atoms with Gasteiger partial charge in [-0.3, -0.25) is 10.0 Å². The highest BCUT2D eigenvalue weighted by molar-refractivity contribution is 5.96. The fourth-order valence-corrected chi connectivity index (χ4v) is 2.06. The highest BCUT2D eigenvalue weighted by Crippen LogP contribution is 2.31. The molecule has 0 aliphatic rings. The van der Waals surface area contributed by atoms with Crippen LogP contribution in [0.5, 0.6) is 0 Å². The fourth-order valence-electron chi connectivity index (χ4n) is 2.06. The maximum absolute atomic E-state index is 12.5. The number of amides is 1. The number of carbonyl (C=O) groups is 1. The Kier molecular flexibility index (Phi) is 3.53. The van der Waals surface area contributed by atoms with Crippen molar-refractivity contribution in [2.75, 3.05) is 0 Å². The lowest BCUT2D eigenvalue weighted by Crippen LogP contribution is -2.18. The summed E-state index contributed by atoms with van der Waals surface area (Å²) < 4.78 is 43.1. The SMILES string of the molecule is O=C(NO)c1ccc2oc(-c3ccc(C(F)(F)F)cc3)nc2c1. The number of aromatic nitrogens is 1. The monoisotopic (exact) mass is 322 g/mol. The summed E-state index contributed by atoms with van der Waals surface area (Å²) in [6.45, 7) is 0. The Bertz CT molecular complexity index is 870. The van der Waals surface area contributed by atoms with Crippen LogP contribution < -0.4 is 5.48 Å². The minimum Gasteiger partial charge on any atom is -0.436 e. The summed E-state index contributed by atoms with van der Waals surface area (Å²) in [5.74, 6) is -0.568. The van der Waals surface area contributed by atoms with Gasteiger partial charge in [-0.15, -0.1) is 0 Å². The van der Waals surface area contributed by atoms with Crippen LogP contribution in [0, 0.1) is 0 Å². The van der Waals surface area contributed by atoms with Crippen LogP contribution in [0.3, 0.4) is 0 Å². The van der Waals surface area contributed by atoms with Gasteiger partial charge in [-0.05, 0) is 42.5 Å². The molecule has 2 aromatic carbocycles. The second kappa shape index (κ2) is 5.40. The van der Waals surface area contributed by atoms with E-state index in [-0.39, 0.29) is 11.5 Å². The van der Waals surface area contributed by atoms with E-state index in [2.05, 4.69) is 4.98 Å². The van der Waals surface area contributed by atoms with Crippen molar-refractivity contribution < 1.29 is 27.6 Å². The number of hydrogen-bond acceptors (Lipinski definition) is 4. The number of hydrogen-bond donors (Lipinski definition) is 2. The van der Waals surface area contributed by atoms with Gasteiger partial charge in [0.05, 0.1) is 5.56 Å². The molecular formula is C15H9F3N2O3. The Labute approximate surface area is 127 Å². The summed E-state index contributed by atoms with van der Waals surface area (Å²) in [4.78, 5) is 15.5. The number of carbonyl (C=O) groups excluding carboxylic acids is 1. The summed E-state index contributed by atoms with van der Waals surface area (Å²) in [6, 6.07) is 8.71. The molecule has 23 heavy (non-hydrogen) atoms. The number of alkyl halides is 3. The molecule has 0 saturated heterocycles. The van der Waals surface area contributed by atoms with Gasteiger partial charge in [-0.2, -0.15) is 13.2 Å². The number of fused-ring (bicyclic) bond motifs is 1. The second-order valence-corrected chi connectivity index (χ2v) is 4.72. The maximum Gasteiger partial charge on any atom is 0.416 e. The average molecular weight is 322 g/mol. The molecule has 0 aliphatic carbocycles. The largest absolute Gasteiger partial charge is 0.436 e. The van der Waals surface area contributed by atoms with E-state index in [1.54, 1.807) is 0 Å². The van der Waals surface area contributed by atoms with Gasteiger partial charge in [0.25, 0.3) is 5.91 Å². The van der Waals surface area contributed by atoms with E-state index in [0.29, 0.717) is 16.7 Å². The maximum atomic E-state index is 12.5. The fraction of sp³-hybridized carbons (Fsp3) is 0.0667. The first-order valence-corrected chi connectivity index (χ1v) is 6.41. The molecule has 0 radical (unpaired) electrons. The molecule has 0 fully saturated rings.